The number of anilines is 1. The van der Waals surface area contributed by atoms with E-state index in [-0.39, 0.29) is 18.0 Å². The molecule has 0 radical (unpaired) electrons. The van der Waals surface area contributed by atoms with Gasteiger partial charge in [-0.15, -0.1) is 5.10 Å². The normalized spacial score (nSPS) is 22.5. The van der Waals surface area contributed by atoms with Crippen LogP contribution in [0.2, 0.25) is 0 Å². The molecule has 1 atom stereocenters. The first-order valence-electron chi connectivity index (χ1n) is 8.73. The van der Waals surface area contributed by atoms with Crippen LogP contribution in [0.1, 0.15) is 25.1 Å². The molecule has 0 bridgehead atoms. The Morgan fingerprint density at radius 2 is 2.17 bits per heavy atom. The van der Waals surface area contributed by atoms with Crippen LogP contribution >= 0.6 is 0 Å². The second kappa shape index (κ2) is 8.29. The predicted octanol–water partition coefficient (Wildman–Crippen LogP) is -0.174. The van der Waals surface area contributed by atoms with Crippen molar-refractivity contribution < 1.29 is 9.53 Å². The molecule has 2 aliphatic rings. The number of urea groups is 1. The smallest absolute Gasteiger partial charge is 0.317 e. The van der Waals surface area contributed by atoms with Crippen molar-refractivity contribution in [3.8, 4) is 0 Å². The van der Waals surface area contributed by atoms with Crippen molar-refractivity contribution in [2.75, 3.05) is 51.7 Å². The van der Waals surface area contributed by atoms with Crippen LogP contribution in [0.3, 0.4) is 0 Å². The number of ether oxygens (including phenoxy) is 1. The molecule has 0 aliphatic carbocycles. The lowest BCUT2D eigenvalue weighted by Crippen LogP contribution is -2.54. The number of aromatic nitrogens is 3. The largest absolute Gasteiger partial charge is 0.379 e. The van der Waals surface area contributed by atoms with Gasteiger partial charge in [-0.05, 0) is 19.3 Å². The van der Waals surface area contributed by atoms with Crippen molar-refractivity contribution in [1.82, 2.24) is 30.3 Å². The Bertz CT molecular complexity index is 530. The van der Waals surface area contributed by atoms with Crippen LogP contribution in [0.15, 0.2) is 0 Å². The van der Waals surface area contributed by atoms with E-state index in [2.05, 4.69) is 25.4 Å². The van der Waals surface area contributed by atoms with Crippen LogP contribution in [0.5, 0.6) is 0 Å². The number of morpholine rings is 1. The van der Waals surface area contributed by atoms with Crippen molar-refractivity contribution >= 4 is 12.0 Å². The quantitative estimate of drug-likeness (QED) is 0.687. The number of carbonyl (C=O) groups excluding carboxylic acids is 1. The van der Waals surface area contributed by atoms with Gasteiger partial charge >= 0.3 is 6.03 Å². The Labute approximate surface area is 141 Å². The van der Waals surface area contributed by atoms with Crippen LogP contribution < -0.4 is 11.1 Å². The van der Waals surface area contributed by atoms with Crippen LogP contribution in [0.25, 0.3) is 0 Å². The molecule has 4 N–H and O–H groups in total. The number of hydrogen-bond acceptors (Lipinski definition) is 6. The lowest BCUT2D eigenvalue weighted by atomic mass is 10.0. The van der Waals surface area contributed by atoms with E-state index in [1.807, 2.05) is 4.90 Å². The van der Waals surface area contributed by atoms with Gasteiger partial charge in [0.1, 0.15) is 5.82 Å². The summed E-state index contributed by atoms with van der Waals surface area (Å²) in [4.78, 5) is 21.0. The minimum atomic E-state index is 0.0143. The van der Waals surface area contributed by atoms with Crippen molar-refractivity contribution in [3.63, 3.8) is 0 Å². The predicted molar refractivity (Wildman–Crippen MR) is 89.5 cm³/mol. The van der Waals surface area contributed by atoms with Gasteiger partial charge in [0.2, 0.25) is 5.95 Å². The Hall–Kier alpha value is -1.87. The molecule has 0 aromatic carbocycles. The molecule has 3 rings (SSSR count). The van der Waals surface area contributed by atoms with Gasteiger partial charge in [-0.3, -0.25) is 10.00 Å². The van der Waals surface area contributed by atoms with E-state index in [1.54, 1.807) is 0 Å². The average Bonchev–Trinajstić information content (AvgIpc) is 3.01. The summed E-state index contributed by atoms with van der Waals surface area (Å²) in [5, 5.41) is 9.53. The number of likely N-dealkylation sites (tertiary alicyclic amines) is 1. The number of nitrogens with one attached hydrogen (secondary N) is 2. The van der Waals surface area contributed by atoms with Crippen molar-refractivity contribution in [2.24, 2.45) is 0 Å². The fourth-order valence-electron chi connectivity index (χ4n) is 3.35. The fourth-order valence-corrected chi connectivity index (χ4v) is 3.35. The van der Waals surface area contributed by atoms with E-state index in [0.29, 0.717) is 18.8 Å². The van der Waals surface area contributed by atoms with Gasteiger partial charge in [-0.1, -0.05) is 0 Å². The third-order valence-corrected chi connectivity index (χ3v) is 4.65. The molecule has 0 spiro atoms. The molecule has 2 fully saturated rings. The van der Waals surface area contributed by atoms with E-state index in [0.717, 1.165) is 52.2 Å². The number of hydrogen-bond donors (Lipinski definition) is 3. The molecular formula is C15H27N7O2. The molecule has 134 valence electrons. The summed E-state index contributed by atoms with van der Waals surface area (Å²) >= 11 is 0. The molecule has 0 unspecified atom stereocenters. The van der Waals surface area contributed by atoms with Crippen molar-refractivity contribution in [3.05, 3.63) is 5.82 Å². The molecule has 9 heteroatoms. The SMILES string of the molecule is Nc1n[nH]c(CCNC(=O)N2CCCC[C@@H]2CN2CCOCC2)n1. The lowest BCUT2D eigenvalue weighted by Gasteiger charge is -2.39. The van der Waals surface area contributed by atoms with E-state index >= 15 is 0 Å². The second-order valence-electron chi connectivity index (χ2n) is 6.38. The van der Waals surface area contributed by atoms with Crippen molar-refractivity contribution in [1.29, 1.82) is 0 Å². The average molecular weight is 337 g/mol. The Kier molecular flexibility index (Phi) is 5.86. The van der Waals surface area contributed by atoms with Crippen LogP contribution in [-0.4, -0.2) is 83.0 Å². The van der Waals surface area contributed by atoms with Crippen LogP contribution in [0, 0.1) is 0 Å². The van der Waals surface area contributed by atoms with Crippen molar-refractivity contribution in [2.45, 2.75) is 31.7 Å². The van der Waals surface area contributed by atoms with E-state index in [1.165, 1.54) is 6.42 Å². The van der Waals surface area contributed by atoms with E-state index < -0.39 is 0 Å². The number of H-pyrrole nitrogens is 1. The molecule has 2 amide bonds. The monoisotopic (exact) mass is 337 g/mol. The van der Waals surface area contributed by atoms with E-state index in [9.17, 15) is 4.79 Å². The summed E-state index contributed by atoms with van der Waals surface area (Å²) in [6.07, 6.45) is 3.93. The number of aromatic amines is 1. The molecule has 1 aromatic rings. The first-order chi connectivity index (χ1) is 11.7. The maximum atomic E-state index is 12.5. The first kappa shape index (κ1) is 17.0. The summed E-state index contributed by atoms with van der Waals surface area (Å²) < 4.78 is 5.40. The maximum absolute atomic E-state index is 12.5. The highest BCUT2D eigenvalue weighted by molar-refractivity contribution is 5.74. The van der Waals surface area contributed by atoms with Gasteiger partial charge in [0.05, 0.1) is 13.2 Å². The molecule has 0 saturated carbocycles. The molecular weight excluding hydrogens is 310 g/mol. The molecule has 9 nitrogen and oxygen atoms in total. The van der Waals surface area contributed by atoms with Gasteiger partial charge in [0.25, 0.3) is 0 Å². The summed E-state index contributed by atoms with van der Waals surface area (Å²) in [5.41, 5.74) is 5.47. The molecule has 1 aromatic heterocycles. The van der Waals surface area contributed by atoms with Gasteiger partial charge in [-0.2, -0.15) is 4.98 Å². The number of nitrogens with two attached hydrogens (primary N) is 1. The maximum Gasteiger partial charge on any atom is 0.317 e. The molecule has 3 heterocycles. The number of amides is 2. The highest BCUT2D eigenvalue weighted by Gasteiger charge is 2.28. The number of nitrogen functional groups attached to an aromatic ring is 1. The van der Waals surface area contributed by atoms with Crippen LogP contribution in [-0.2, 0) is 11.2 Å². The van der Waals surface area contributed by atoms with E-state index in [4.69, 9.17) is 10.5 Å². The summed E-state index contributed by atoms with van der Waals surface area (Å²) in [6.45, 7) is 5.79. The summed E-state index contributed by atoms with van der Waals surface area (Å²) in [6, 6.07) is 0.304. The number of piperidine rings is 1. The number of rotatable bonds is 5. The molecule has 2 aliphatic heterocycles. The number of carbonyl (C=O) groups is 1. The van der Waals surface area contributed by atoms with Gasteiger partial charge in [-0.25, -0.2) is 4.79 Å². The zero-order valence-electron chi connectivity index (χ0n) is 14.0. The summed E-state index contributed by atoms with van der Waals surface area (Å²) in [5.74, 6) is 0.925. The zero-order valence-corrected chi connectivity index (χ0v) is 14.0. The lowest BCUT2D eigenvalue weighted by molar-refractivity contribution is 0.0221. The zero-order chi connectivity index (χ0) is 16.8. The molecule has 2 saturated heterocycles. The minimum absolute atomic E-state index is 0.0143. The highest BCUT2D eigenvalue weighted by atomic mass is 16.5. The Morgan fingerprint density at radius 3 is 2.92 bits per heavy atom. The highest BCUT2D eigenvalue weighted by Crippen LogP contribution is 2.18. The van der Waals surface area contributed by atoms with Gasteiger partial charge in [0, 0.05) is 45.2 Å². The van der Waals surface area contributed by atoms with Crippen LogP contribution in [0.4, 0.5) is 10.7 Å². The Balaban J connectivity index is 1.47. The third kappa shape index (κ3) is 4.57. The molecule has 24 heavy (non-hydrogen) atoms. The third-order valence-electron chi connectivity index (χ3n) is 4.65. The Morgan fingerprint density at radius 1 is 1.33 bits per heavy atom. The topological polar surface area (TPSA) is 112 Å². The number of nitrogens with zero attached hydrogens (tertiary/aromatic N) is 4. The second-order valence-corrected chi connectivity index (χ2v) is 6.38. The van der Waals surface area contributed by atoms with Gasteiger partial charge < -0.3 is 20.7 Å². The summed E-state index contributed by atoms with van der Waals surface area (Å²) in [7, 11) is 0. The minimum Gasteiger partial charge on any atom is -0.379 e. The standard InChI is InChI=1S/C15H27N7O2/c16-14-18-13(19-20-14)4-5-17-15(23)22-6-2-1-3-12(22)11-21-7-9-24-10-8-21/h12H,1-11H2,(H,17,23)(H3,16,18,19,20)/t12-/m1/s1. The van der Waals surface area contributed by atoms with Gasteiger partial charge in [0.15, 0.2) is 0 Å². The fraction of sp³-hybridized carbons (Fsp3) is 0.800. The first-order valence-corrected chi connectivity index (χ1v) is 8.73.